The molecular weight excluding hydrogens is 367 g/mol. The molecule has 1 aromatic rings. The van der Waals surface area contributed by atoms with E-state index in [1.54, 1.807) is 14.1 Å². The van der Waals surface area contributed by atoms with Gasteiger partial charge in [-0.2, -0.15) is 10.2 Å². The van der Waals surface area contributed by atoms with Crippen LogP contribution in [0.25, 0.3) is 0 Å². The van der Waals surface area contributed by atoms with Crippen molar-refractivity contribution in [1.29, 1.82) is 0 Å². The third kappa shape index (κ3) is 8.60. The van der Waals surface area contributed by atoms with Crippen molar-refractivity contribution in [3.63, 3.8) is 0 Å². The molecule has 0 saturated carbocycles. The number of hydrogen-bond donors (Lipinski definition) is 2. The molecule has 20 heavy (non-hydrogen) atoms. The van der Waals surface area contributed by atoms with Crippen molar-refractivity contribution < 1.29 is 54.0 Å². The standard InChI is InChI=1S/C11H17N5.3ClH.Co/c1-8(15-12-3)10-6-5-7-11(14-10)9(2)16-13-4;;;;/h5-7,12-13H,1-4H3;3*1H;/q;;;;+3/p-3. The van der Waals surface area contributed by atoms with Gasteiger partial charge in [0, 0.05) is 14.1 Å². The summed E-state index contributed by atoms with van der Waals surface area (Å²) in [5, 5.41) is 8.18. The van der Waals surface area contributed by atoms with Gasteiger partial charge >= 0.3 is 16.8 Å². The van der Waals surface area contributed by atoms with Crippen LogP contribution >= 0.6 is 0 Å². The molecule has 0 saturated heterocycles. The number of pyridine rings is 1. The maximum Gasteiger partial charge on any atom is 3.00 e. The fourth-order valence-electron chi connectivity index (χ4n) is 1.29. The van der Waals surface area contributed by atoms with Gasteiger partial charge in [-0.05, 0) is 26.0 Å². The Labute approximate surface area is 148 Å². The molecule has 1 rings (SSSR count). The Morgan fingerprint density at radius 3 is 1.55 bits per heavy atom. The van der Waals surface area contributed by atoms with E-state index in [2.05, 4.69) is 26.0 Å². The molecule has 0 aliphatic rings. The van der Waals surface area contributed by atoms with E-state index >= 15 is 0 Å². The summed E-state index contributed by atoms with van der Waals surface area (Å²) in [6, 6.07) is 5.79. The minimum Gasteiger partial charge on any atom is -1.00 e. The van der Waals surface area contributed by atoms with Crippen molar-refractivity contribution in [2.45, 2.75) is 13.8 Å². The Morgan fingerprint density at radius 2 is 1.25 bits per heavy atom. The molecule has 0 unspecified atom stereocenters. The number of hydrogen-bond acceptors (Lipinski definition) is 5. The Kier molecular flexibility index (Phi) is 20.6. The third-order valence-corrected chi connectivity index (χ3v) is 2.05. The van der Waals surface area contributed by atoms with E-state index < -0.39 is 0 Å². The van der Waals surface area contributed by atoms with Gasteiger partial charge in [-0.25, -0.2) is 4.98 Å². The first-order chi connectivity index (χ1) is 7.69. The second-order valence-corrected chi connectivity index (χ2v) is 3.25. The second kappa shape index (κ2) is 14.9. The third-order valence-electron chi connectivity index (χ3n) is 2.05. The number of halogens is 3. The molecule has 0 bridgehead atoms. The topological polar surface area (TPSA) is 61.7 Å². The molecule has 1 heterocycles. The van der Waals surface area contributed by atoms with Gasteiger partial charge in [0.15, 0.2) is 0 Å². The van der Waals surface area contributed by atoms with Crippen LogP contribution in [0.2, 0.25) is 0 Å². The van der Waals surface area contributed by atoms with Gasteiger partial charge in [-0.3, -0.25) is 0 Å². The minimum atomic E-state index is 0. The summed E-state index contributed by atoms with van der Waals surface area (Å²) in [5.74, 6) is 0. The van der Waals surface area contributed by atoms with Gasteiger partial charge in [-0.1, -0.05) is 6.07 Å². The quantitative estimate of drug-likeness (QED) is 0.401. The summed E-state index contributed by atoms with van der Waals surface area (Å²) in [6.07, 6.45) is 0. The normalized spacial score (nSPS) is 10.0. The molecule has 0 radical (unpaired) electrons. The van der Waals surface area contributed by atoms with E-state index in [4.69, 9.17) is 0 Å². The number of hydrazone groups is 2. The molecule has 116 valence electrons. The zero-order chi connectivity index (χ0) is 12.0. The van der Waals surface area contributed by atoms with Crippen LogP contribution in [0.15, 0.2) is 28.4 Å². The Bertz CT molecular complexity index is 391. The van der Waals surface area contributed by atoms with E-state index in [9.17, 15) is 0 Å². The molecule has 2 N–H and O–H groups in total. The minimum absolute atomic E-state index is 0. The van der Waals surface area contributed by atoms with E-state index in [0.717, 1.165) is 22.8 Å². The molecule has 0 amide bonds. The molecular formula is C11H17Cl3CoN5. The summed E-state index contributed by atoms with van der Waals surface area (Å²) in [7, 11) is 3.53. The molecule has 0 aromatic carbocycles. The van der Waals surface area contributed by atoms with Crippen molar-refractivity contribution >= 4 is 11.4 Å². The van der Waals surface area contributed by atoms with Crippen LogP contribution in [0.3, 0.4) is 0 Å². The van der Waals surface area contributed by atoms with E-state index in [1.165, 1.54) is 0 Å². The van der Waals surface area contributed by atoms with Crippen LogP contribution in [0.4, 0.5) is 0 Å². The van der Waals surface area contributed by atoms with E-state index in [1.807, 2.05) is 32.0 Å². The van der Waals surface area contributed by atoms with Gasteiger partial charge in [0.2, 0.25) is 0 Å². The predicted molar refractivity (Wildman–Crippen MR) is 66.8 cm³/mol. The number of nitrogens with one attached hydrogen (secondary N) is 2. The van der Waals surface area contributed by atoms with E-state index in [-0.39, 0.29) is 54.0 Å². The first kappa shape index (κ1) is 27.8. The number of aromatic nitrogens is 1. The van der Waals surface area contributed by atoms with Crippen LogP contribution in [0.1, 0.15) is 25.2 Å². The monoisotopic (exact) mass is 383 g/mol. The van der Waals surface area contributed by atoms with Gasteiger partial charge in [0.05, 0.1) is 22.8 Å². The van der Waals surface area contributed by atoms with Crippen molar-refractivity contribution in [3.05, 3.63) is 29.6 Å². The molecule has 0 fully saturated rings. The smallest absolute Gasteiger partial charge is 1.00 e. The van der Waals surface area contributed by atoms with Gasteiger partial charge < -0.3 is 48.1 Å². The summed E-state index contributed by atoms with van der Waals surface area (Å²) < 4.78 is 0. The van der Waals surface area contributed by atoms with Crippen LogP contribution < -0.4 is 48.1 Å². The maximum atomic E-state index is 4.47. The Balaban J connectivity index is -0.000000320. The number of rotatable bonds is 4. The Morgan fingerprint density at radius 1 is 0.900 bits per heavy atom. The first-order valence-corrected chi connectivity index (χ1v) is 5.09. The van der Waals surface area contributed by atoms with Crippen LogP contribution in [-0.4, -0.2) is 30.5 Å². The van der Waals surface area contributed by atoms with Gasteiger partial charge in [0.1, 0.15) is 0 Å². The summed E-state index contributed by atoms with van der Waals surface area (Å²) >= 11 is 0. The number of nitrogens with zero attached hydrogens (tertiary/aromatic N) is 3. The SMILES string of the molecule is CNN=C(C)c1cccc(C(C)=NNC)n1.[Cl-].[Cl-].[Cl-].[Co+3]. The summed E-state index contributed by atoms with van der Waals surface area (Å²) in [5.41, 5.74) is 8.88. The van der Waals surface area contributed by atoms with Crippen molar-refractivity contribution in [3.8, 4) is 0 Å². The molecule has 0 aliphatic carbocycles. The molecule has 0 atom stereocenters. The molecule has 0 aliphatic heterocycles. The fourth-order valence-corrected chi connectivity index (χ4v) is 1.29. The summed E-state index contributed by atoms with van der Waals surface area (Å²) in [6.45, 7) is 3.82. The van der Waals surface area contributed by atoms with E-state index in [0.29, 0.717) is 0 Å². The molecule has 5 nitrogen and oxygen atoms in total. The van der Waals surface area contributed by atoms with Crippen molar-refractivity contribution in [2.24, 2.45) is 10.2 Å². The van der Waals surface area contributed by atoms with Crippen molar-refractivity contribution in [1.82, 2.24) is 15.8 Å². The largest absolute Gasteiger partial charge is 3.00 e. The van der Waals surface area contributed by atoms with Gasteiger partial charge in [-0.15, -0.1) is 0 Å². The summed E-state index contributed by atoms with van der Waals surface area (Å²) in [4.78, 5) is 4.47. The zero-order valence-electron chi connectivity index (χ0n) is 11.5. The van der Waals surface area contributed by atoms with Gasteiger partial charge in [0.25, 0.3) is 0 Å². The second-order valence-electron chi connectivity index (χ2n) is 3.25. The maximum absolute atomic E-state index is 4.47. The zero-order valence-corrected chi connectivity index (χ0v) is 14.8. The Hall–Kier alpha value is -0.534. The van der Waals surface area contributed by atoms with Crippen LogP contribution in [0, 0.1) is 0 Å². The fraction of sp³-hybridized carbons (Fsp3) is 0.364. The van der Waals surface area contributed by atoms with Crippen molar-refractivity contribution in [2.75, 3.05) is 14.1 Å². The van der Waals surface area contributed by atoms with Crippen LogP contribution in [-0.2, 0) is 16.8 Å². The van der Waals surface area contributed by atoms with Crippen LogP contribution in [0.5, 0.6) is 0 Å². The molecule has 1 aromatic heterocycles. The molecule has 0 spiro atoms. The molecule has 9 heteroatoms. The average molecular weight is 385 g/mol. The average Bonchev–Trinajstić information content (AvgIpc) is 2.30. The first-order valence-electron chi connectivity index (χ1n) is 5.09. The predicted octanol–water partition coefficient (Wildman–Crippen LogP) is -8.02.